The Morgan fingerprint density at radius 2 is 2.05 bits per heavy atom. The highest BCUT2D eigenvalue weighted by molar-refractivity contribution is 6.33. The summed E-state index contributed by atoms with van der Waals surface area (Å²) in [5.74, 6) is -0.202. The minimum Gasteiger partial charge on any atom is -0.436 e. The van der Waals surface area contributed by atoms with Gasteiger partial charge in [0.15, 0.2) is 17.9 Å². The first kappa shape index (κ1) is 14.0. The summed E-state index contributed by atoms with van der Waals surface area (Å²) < 4.78 is 30.3. The third-order valence-electron chi connectivity index (χ3n) is 3.09. The van der Waals surface area contributed by atoms with Gasteiger partial charge in [-0.25, -0.2) is 9.37 Å². The summed E-state index contributed by atoms with van der Waals surface area (Å²) in [6.45, 7) is 2.80. The van der Waals surface area contributed by atoms with E-state index < -0.39 is 12.1 Å². The van der Waals surface area contributed by atoms with Gasteiger partial charge in [-0.1, -0.05) is 11.5 Å². The van der Waals surface area contributed by atoms with Crippen LogP contribution in [0, 0.1) is 12.7 Å². The van der Waals surface area contributed by atoms with E-state index in [1.165, 1.54) is 12.1 Å². The molecule has 6 heteroatoms. The maximum Gasteiger partial charge on any atom is 0.219 e. The number of halogens is 1. The van der Waals surface area contributed by atoms with Gasteiger partial charge in [-0.3, -0.25) is 0 Å². The van der Waals surface area contributed by atoms with Crippen molar-refractivity contribution in [2.45, 2.75) is 13.2 Å². The maximum atomic E-state index is 14.0. The summed E-state index contributed by atoms with van der Waals surface area (Å²) in [6.07, 6.45) is -0.585. The van der Waals surface area contributed by atoms with E-state index in [-0.39, 0.29) is 11.2 Å². The van der Waals surface area contributed by atoms with Crippen molar-refractivity contribution >= 4 is 13.3 Å². The average Bonchev–Trinajstić information content (AvgIpc) is 2.96. The van der Waals surface area contributed by atoms with E-state index in [1.807, 2.05) is 13.0 Å². The minimum atomic E-state index is -0.585. The predicted octanol–water partition coefficient (Wildman–Crippen LogP) is 2.16. The van der Waals surface area contributed by atoms with Crippen LogP contribution in [0.5, 0.6) is 11.6 Å². The summed E-state index contributed by atoms with van der Waals surface area (Å²) in [6, 6.07) is 7.97. The molecular weight excluding hydrogens is 272 g/mol. The topological polar surface area (TPSA) is 40.6 Å². The molecule has 0 aliphatic carbocycles. The van der Waals surface area contributed by atoms with Gasteiger partial charge in [0.2, 0.25) is 5.88 Å². The molecule has 1 fully saturated rings. The van der Waals surface area contributed by atoms with Crippen LogP contribution in [0.15, 0.2) is 30.3 Å². The van der Waals surface area contributed by atoms with Gasteiger partial charge in [-0.2, -0.15) is 0 Å². The fraction of sp³-hybridized carbons (Fsp3) is 0.267. The van der Waals surface area contributed by atoms with E-state index in [0.29, 0.717) is 24.7 Å². The first-order chi connectivity index (χ1) is 10.1. The summed E-state index contributed by atoms with van der Waals surface area (Å²) in [4.78, 5) is 4.18. The molecule has 0 saturated carbocycles. The van der Waals surface area contributed by atoms with E-state index in [9.17, 15) is 4.39 Å². The van der Waals surface area contributed by atoms with Crippen LogP contribution in [0.1, 0.15) is 17.5 Å². The largest absolute Gasteiger partial charge is 0.436 e. The summed E-state index contributed by atoms with van der Waals surface area (Å²) >= 11 is 0. The van der Waals surface area contributed by atoms with Crippen LogP contribution in [0.3, 0.4) is 0 Å². The smallest absolute Gasteiger partial charge is 0.219 e. The fourth-order valence-electron chi connectivity index (χ4n) is 2.09. The van der Waals surface area contributed by atoms with Crippen molar-refractivity contribution in [1.82, 2.24) is 4.98 Å². The molecule has 0 atom stereocenters. The van der Waals surface area contributed by atoms with E-state index in [4.69, 9.17) is 22.1 Å². The summed E-state index contributed by atoms with van der Waals surface area (Å²) in [5.41, 5.74) is 1.60. The highest BCUT2D eigenvalue weighted by atomic mass is 19.1. The number of benzene rings is 1. The van der Waals surface area contributed by atoms with Crippen molar-refractivity contribution < 1.29 is 18.6 Å². The van der Waals surface area contributed by atoms with Gasteiger partial charge in [0.1, 0.15) is 7.85 Å². The third-order valence-corrected chi connectivity index (χ3v) is 3.09. The van der Waals surface area contributed by atoms with Crippen LogP contribution in [-0.4, -0.2) is 26.0 Å². The molecule has 0 bridgehead atoms. The van der Waals surface area contributed by atoms with E-state index in [2.05, 4.69) is 4.98 Å². The quantitative estimate of drug-likeness (QED) is 0.810. The highest BCUT2D eigenvalue weighted by Gasteiger charge is 2.22. The molecule has 0 N–H and O–H groups in total. The molecule has 106 valence electrons. The first-order valence-electron chi connectivity index (χ1n) is 6.57. The molecule has 3 rings (SSSR count). The van der Waals surface area contributed by atoms with Crippen molar-refractivity contribution in [3.05, 3.63) is 47.4 Å². The zero-order valence-corrected chi connectivity index (χ0v) is 11.5. The number of ether oxygens (including phenoxy) is 3. The Bertz CT molecular complexity index is 659. The lowest BCUT2D eigenvalue weighted by Gasteiger charge is -2.15. The molecule has 2 heterocycles. The Labute approximate surface area is 123 Å². The van der Waals surface area contributed by atoms with Crippen molar-refractivity contribution in [3.63, 3.8) is 0 Å². The maximum absolute atomic E-state index is 14.0. The van der Waals surface area contributed by atoms with Gasteiger partial charge in [0.25, 0.3) is 0 Å². The number of pyridine rings is 1. The lowest BCUT2D eigenvalue weighted by atomic mass is 9.90. The molecule has 1 aliphatic rings. The Morgan fingerprint density at radius 1 is 1.29 bits per heavy atom. The van der Waals surface area contributed by atoms with Crippen LogP contribution in [0.25, 0.3) is 0 Å². The van der Waals surface area contributed by atoms with Crippen molar-refractivity contribution in [3.8, 4) is 11.6 Å². The SMILES string of the molecule is [B]c1cc(F)c(Oc2cccc(C)n2)cc1C1OCCO1. The van der Waals surface area contributed by atoms with Crippen molar-refractivity contribution in [2.24, 2.45) is 0 Å². The van der Waals surface area contributed by atoms with Crippen molar-refractivity contribution in [2.75, 3.05) is 13.2 Å². The molecule has 4 nitrogen and oxygen atoms in total. The zero-order valence-electron chi connectivity index (χ0n) is 11.5. The monoisotopic (exact) mass is 285 g/mol. The molecule has 1 aromatic carbocycles. The van der Waals surface area contributed by atoms with Crippen LogP contribution >= 0.6 is 0 Å². The zero-order chi connectivity index (χ0) is 14.8. The van der Waals surface area contributed by atoms with Gasteiger partial charge >= 0.3 is 0 Å². The highest BCUT2D eigenvalue weighted by Crippen LogP contribution is 2.29. The Morgan fingerprint density at radius 3 is 2.76 bits per heavy atom. The molecule has 0 spiro atoms. The van der Waals surface area contributed by atoms with Gasteiger partial charge < -0.3 is 14.2 Å². The Balaban J connectivity index is 1.92. The Kier molecular flexibility index (Phi) is 3.90. The lowest BCUT2D eigenvalue weighted by Crippen LogP contribution is -2.16. The predicted molar refractivity (Wildman–Crippen MR) is 75.5 cm³/mol. The molecule has 2 aromatic rings. The van der Waals surface area contributed by atoms with E-state index in [0.717, 1.165) is 5.69 Å². The third kappa shape index (κ3) is 3.06. The second kappa shape index (κ2) is 5.83. The van der Waals surface area contributed by atoms with Crippen LogP contribution in [-0.2, 0) is 9.47 Å². The van der Waals surface area contributed by atoms with Gasteiger partial charge in [0, 0.05) is 17.3 Å². The number of aryl methyl sites for hydroxylation is 1. The molecule has 1 saturated heterocycles. The number of rotatable bonds is 3. The molecule has 1 aliphatic heterocycles. The minimum absolute atomic E-state index is 0.0383. The first-order valence-corrected chi connectivity index (χ1v) is 6.57. The number of hydrogen-bond donors (Lipinski definition) is 0. The number of nitrogens with zero attached hydrogens (tertiary/aromatic N) is 1. The fourth-order valence-corrected chi connectivity index (χ4v) is 2.09. The number of hydrogen-bond acceptors (Lipinski definition) is 4. The van der Waals surface area contributed by atoms with Gasteiger partial charge in [-0.05, 0) is 25.1 Å². The summed E-state index contributed by atoms with van der Waals surface area (Å²) in [5, 5.41) is 0. The molecule has 2 radical (unpaired) electrons. The number of aromatic nitrogens is 1. The lowest BCUT2D eigenvalue weighted by molar-refractivity contribution is -0.0434. The molecule has 1 aromatic heterocycles. The second-order valence-electron chi connectivity index (χ2n) is 4.70. The van der Waals surface area contributed by atoms with Gasteiger partial charge in [0.05, 0.1) is 13.2 Å². The summed E-state index contributed by atoms with van der Waals surface area (Å²) in [7, 11) is 5.82. The molecule has 21 heavy (non-hydrogen) atoms. The van der Waals surface area contributed by atoms with E-state index >= 15 is 0 Å². The molecule has 0 unspecified atom stereocenters. The molecule has 0 amide bonds. The van der Waals surface area contributed by atoms with E-state index in [1.54, 1.807) is 12.1 Å². The second-order valence-corrected chi connectivity index (χ2v) is 4.70. The average molecular weight is 285 g/mol. The van der Waals surface area contributed by atoms with Crippen molar-refractivity contribution in [1.29, 1.82) is 0 Å². The Hall–Kier alpha value is -1.92. The normalized spacial score (nSPS) is 15.3. The molecular formula is C15H13BFNO3. The van der Waals surface area contributed by atoms with Gasteiger partial charge in [-0.15, -0.1) is 0 Å². The van der Waals surface area contributed by atoms with Crippen LogP contribution < -0.4 is 10.2 Å². The van der Waals surface area contributed by atoms with Crippen LogP contribution in [0.2, 0.25) is 0 Å². The standard InChI is InChI=1S/C15H13BFNO3/c1-9-3-2-4-14(18-9)21-13-7-10(11(16)8-12(13)17)15-19-5-6-20-15/h2-4,7-8,15H,5-6H2,1H3. The van der Waals surface area contributed by atoms with Crippen LogP contribution in [0.4, 0.5) is 4.39 Å².